The molecule has 2 rings (SSSR count). The van der Waals surface area contributed by atoms with Crippen LogP contribution in [0.3, 0.4) is 0 Å². The zero-order valence-corrected chi connectivity index (χ0v) is 10.9. The number of hydrogen-bond donors (Lipinski definition) is 0. The van der Waals surface area contributed by atoms with Gasteiger partial charge in [-0.2, -0.15) is 0 Å². The van der Waals surface area contributed by atoms with E-state index in [1.54, 1.807) is 0 Å². The van der Waals surface area contributed by atoms with Crippen LogP contribution in [0.15, 0.2) is 12.1 Å². The Morgan fingerprint density at radius 1 is 1.25 bits per heavy atom. The van der Waals surface area contributed by atoms with E-state index in [9.17, 15) is 0 Å². The quantitative estimate of drug-likeness (QED) is 0.719. The van der Waals surface area contributed by atoms with E-state index in [2.05, 4.69) is 51.9 Å². The van der Waals surface area contributed by atoms with Gasteiger partial charge in [0.2, 0.25) is 0 Å². The fraction of sp³-hybridized carbons (Fsp3) is 0.571. The van der Waals surface area contributed by atoms with E-state index in [1.165, 1.54) is 16.7 Å². The summed E-state index contributed by atoms with van der Waals surface area (Å²) in [5, 5.41) is 0. The van der Waals surface area contributed by atoms with Crippen LogP contribution in [-0.2, 0) is 0 Å². The van der Waals surface area contributed by atoms with Gasteiger partial charge in [-0.1, -0.05) is 17.7 Å². The van der Waals surface area contributed by atoms with Crippen molar-refractivity contribution >= 4 is 0 Å². The van der Waals surface area contributed by atoms with Gasteiger partial charge in [-0.15, -0.1) is 0 Å². The Balaban J connectivity index is 2.52. The Labute approximate surface area is 98.2 Å². The highest BCUT2D eigenvalue weighted by Gasteiger charge is 2.28. The van der Waals surface area contributed by atoms with Gasteiger partial charge in [0, 0.05) is 18.0 Å². The summed E-state index contributed by atoms with van der Waals surface area (Å²) in [4.78, 5) is 2.29. The average molecular weight is 219 g/mol. The fourth-order valence-corrected chi connectivity index (χ4v) is 2.58. The van der Waals surface area contributed by atoms with E-state index in [0.717, 1.165) is 12.2 Å². The molecule has 0 saturated heterocycles. The van der Waals surface area contributed by atoms with Gasteiger partial charge < -0.3 is 9.64 Å². The summed E-state index contributed by atoms with van der Waals surface area (Å²) < 4.78 is 5.97. The number of fused-ring (bicyclic) bond motifs is 1. The van der Waals surface area contributed by atoms with Crippen LogP contribution in [0.1, 0.15) is 36.1 Å². The third kappa shape index (κ3) is 1.94. The zero-order valence-electron chi connectivity index (χ0n) is 10.9. The Morgan fingerprint density at radius 2 is 1.94 bits per heavy atom. The summed E-state index contributed by atoms with van der Waals surface area (Å²) in [6.07, 6.45) is 1.38. The van der Waals surface area contributed by atoms with E-state index in [-0.39, 0.29) is 0 Å². The monoisotopic (exact) mass is 219 g/mol. The molecule has 0 amide bonds. The Morgan fingerprint density at radius 3 is 2.56 bits per heavy atom. The largest absolute Gasteiger partial charge is 0.490 e. The van der Waals surface area contributed by atoms with Crippen LogP contribution in [0.25, 0.3) is 0 Å². The van der Waals surface area contributed by atoms with Crippen molar-refractivity contribution in [1.29, 1.82) is 0 Å². The number of aryl methyl sites for hydroxylation is 2. The molecule has 0 aromatic heterocycles. The molecule has 16 heavy (non-hydrogen) atoms. The number of ether oxygens (including phenoxy) is 1. The molecule has 88 valence electrons. The van der Waals surface area contributed by atoms with Gasteiger partial charge in [-0.25, -0.2) is 0 Å². The molecular weight excluding hydrogens is 198 g/mol. The van der Waals surface area contributed by atoms with E-state index in [4.69, 9.17) is 4.74 Å². The Hall–Kier alpha value is -1.02. The van der Waals surface area contributed by atoms with Gasteiger partial charge in [-0.3, -0.25) is 0 Å². The van der Waals surface area contributed by atoms with Crippen molar-refractivity contribution < 1.29 is 4.74 Å². The molecular formula is C14H21NO. The lowest BCUT2D eigenvalue weighted by Crippen LogP contribution is -2.31. The Kier molecular flexibility index (Phi) is 2.94. The maximum absolute atomic E-state index is 5.97. The van der Waals surface area contributed by atoms with Crippen molar-refractivity contribution in [2.24, 2.45) is 0 Å². The standard InChI is InChI=1S/C14H21NO/c1-9-6-10(2)14-12(7-9)13(15(4)5)8-11(3)16-14/h6-7,11,13H,8H2,1-5H3. The zero-order chi connectivity index (χ0) is 11.9. The molecule has 2 heteroatoms. The number of nitrogens with zero attached hydrogens (tertiary/aromatic N) is 1. The second-order valence-corrected chi connectivity index (χ2v) is 5.14. The molecule has 0 spiro atoms. The van der Waals surface area contributed by atoms with E-state index < -0.39 is 0 Å². The molecule has 0 aliphatic carbocycles. The third-order valence-electron chi connectivity index (χ3n) is 3.30. The minimum Gasteiger partial charge on any atom is -0.490 e. The topological polar surface area (TPSA) is 12.5 Å². The number of benzene rings is 1. The van der Waals surface area contributed by atoms with Crippen molar-refractivity contribution in [3.8, 4) is 5.75 Å². The second kappa shape index (κ2) is 4.10. The van der Waals surface area contributed by atoms with Crippen LogP contribution >= 0.6 is 0 Å². The van der Waals surface area contributed by atoms with Crippen molar-refractivity contribution in [2.45, 2.75) is 39.3 Å². The highest BCUT2D eigenvalue weighted by molar-refractivity contribution is 5.46. The van der Waals surface area contributed by atoms with Crippen molar-refractivity contribution in [3.63, 3.8) is 0 Å². The highest BCUT2D eigenvalue weighted by atomic mass is 16.5. The first kappa shape index (κ1) is 11.5. The van der Waals surface area contributed by atoms with Gasteiger partial charge in [0.05, 0.1) is 6.10 Å². The second-order valence-electron chi connectivity index (χ2n) is 5.14. The normalized spacial score (nSPS) is 24.1. The molecule has 0 fully saturated rings. The molecule has 1 aliphatic rings. The summed E-state index contributed by atoms with van der Waals surface area (Å²) in [6.45, 7) is 6.44. The van der Waals surface area contributed by atoms with Crippen LogP contribution in [0.4, 0.5) is 0 Å². The summed E-state index contributed by atoms with van der Waals surface area (Å²) in [7, 11) is 4.29. The van der Waals surface area contributed by atoms with Crippen LogP contribution in [0, 0.1) is 13.8 Å². The maximum Gasteiger partial charge on any atom is 0.127 e. The average Bonchev–Trinajstić information content (AvgIpc) is 2.18. The smallest absolute Gasteiger partial charge is 0.127 e. The van der Waals surface area contributed by atoms with Crippen LogP contribution in [0.2, 0.25) is 0 Å². The third-order valence-corrected chi connectivity index (χ3v) is 3.30. The first-order chi connectivity index (χ1) is 7.49. The fourth-order valence-electron chi connectivity index (χ4n) is 2.58. The molecule has 2 atom stereocenters. The number of hydrogen-bond acceptors (Lipinski definition) is 2. The first-order valence-electron chi connectivity index (χ1n) is 5.93. The summed E-state index contributed by atoms with van der Waals surface area (Å²) in [5.41, 5.74) is 3.93. The number of rotatable bonds is 1. The molecule has 0 radical (unpaired) electrons. The van der Waals surface area contributed by atoms with E-state index in [0.29, 0.717) is 12.1 Å². The molecule has 0 N–H and O–H groups in total. The maximum atomic E-state index is 5.97. The minimum atomic E-state index is 0.307. The van der Waals surface area contributed by atoms with Crippen LogP contribution in [-0.4, -0.2) is 25.1 Å². The molecule has 2 nitrogen and oxygen atoms in total. The molecule has 1 aliphatic heterocycles. The summed E-state index contributed by atoms with van der Waals surface area (Å²) >= 11 is 0. The molecule has 1 aromatic rings. The van der Waals surface area contributed by atoms with E-state index in [1.807, 2.05) is 0 Å². The Bertz CT molecular complexity index is 398. The highest BCUT2D eigenvalue weighted by Crippen LogP contribution is 2.39. The summed E-state index contributed by atoms with van der Waals surface area (Å²) in [6, 6.07) is 4.94. The SMILES string of the molecule is Cc1cc(C)c2c(c1)C(N(C)C)CC(C)O2. The van der Waals surface area contributed by atoms with Crippen molar-refractivity contribution in [2.75, 3.05) is 14.1 Å². The lowest BCUT2D eigenvalue weighted by atomic mass is 9.92. The van der Waals surface area contributed by atoms with Gasteiger partial charge in [0.25, 0.3) is 0 Å². The van der Waals surface area contributed by atoms with Gasteiger partial charge in [0.1, 0.15) is 5.75 Å². The molecule has 1 heterocycles. The summed E-state index contributed by atoms with van der Waals surface area (Å²) in [5.74, 6) is 1.10. The molecule has 2 unspecified atom stereocenters. The molecule has 1 aromatic carbocycles. The van der Waals surface area contributed by atoms with Crippen molar-refractivity contribution in [1.82, 2.24) is 4.90 Å². The minimum absolute atomic E-state index is 0.307. The van der Waals surface area contributed by atoms with E-state index >= 15 is 0 Å². The lowest BCUT2D eigenvalue weighted by molar-refractivity contribution is 0.126. The molecule has 0 saturated carbocycles. The van der Waals surface area contributed by atoms with Crippen molar-refractivity contribution in [3.05, 3.63) is 28.8 Å². The van der Waals surface area contributed by atoms with Gasteiger partial charge in [-0.05, 0) is 40.4 Å². The first-order valence-corrected chi connectivity index (χ1v) is 5.93. The van der Waals surface area contributed by atoms with Gasteiger partial charge >= 0.3 is 0 Å². The van der Waals surface area contributed by atoms with Crippen LogP contribution < -0.4 is 4.74 Å². The molecule has 0 bridgehead atoms. The predicted octanol–water partition coefficient (Wildman–Crippen LogP) is 3.08. The van der Waals surface area contributed by atoms with Crippen LogP contribution in [0.5, 0.6) is 5.75 Å². The lowest BCUT2D eigenvalue weighted by Gasteiger charge is -2.35. The van der Waals surface area contributed by atoms with Gasteiger partial charge in [0.15, 0.2) is 0 Å². The predicted molar refractivity (Wildman–Crippen MR) is 67.1 cm³/mol.